The number of rotatable bonds is 4. The second-order valence-electron chi connectivity index (χ2n) is 2.47. The Bertz CT molecular complexity index is 269. The van der Waals surface area contributed by atoms with Gasteiger partial charge in [0.05, 0.1) is 0 Å². The molecular formula is C10H12ClNS. The molecule has 0 aliphatic heterocycles. The van der Waals surface area contributed by atoms with Crippen LogP contribution in [0.15, 0.2) is 41.3 Å². The highest BCUT2D eigenvalue weighted by Gasteiger charge is 1.90. The number of benzene rings is 1. The van der Waals surface area contributed by atoms with E-state index in [2.05, 4.69) is 6.08 Å². The van der Waals surface area contributed by atoms with Crippen LogP contribution in [-0.2, 0) is 0 Å². The molecule has 0 spiro atoms. The van der Waals surface area contributed by atoms with Crippen LogP contribution < -0.4 is 5.73 Å². The number of hydrogen-bond acceptors (Lipinski definition) is 2. The minimum absolute atomic E-state index is 0.612. The van der Waals surface area contributed by atoms with E-state index in [0.717, 1.165) is 10.8 Å². The molecule has 70 valence electrons. The first-order valence-corrected chi connectivity index (χ1v) is 5.42. The molecule has 1 nitrogen and oxygen atoms in total. The van der Waals surface area contributed by atoms with Crippen LogP contribution in [0, 0.1) is 0 Å². The van der Waals surface area contributed by atoms with Gasteiger partial charge in [-0.1, -0.05) is 23.8 Å². The Hall–Kier alpha value is -0.440. The number of nitrogens with two attached hydrogens (primary N) is 1. The Kier molecular flexibility index (Phi) is 4.98. The Morgan fingerprint density at radius 2 is 1.92 bits per heavy atom. The summed E-state index contributed by atoms with van der Waals surface area (Å²) in [6, 6.07) is 7.83. The van der Waals surface area contributed by atoms with Crippen LogP contribution in [0.2, 0.25) is 5.02 Å². The molecule has 0 bridgehead atoms. The van der Waals surface area contributed by atoms with Crippen molar-refractivity contribution in [2.24, 2.45) is 5.73 Å². The Morgan fingerprint density at radius 1 is 1.23 bits per heavy atom. The maximum absolute atomic E-state index is 5.76. The maximum atomic E-state index is 5.76. The van der Waals surface area contributed by atoms with Crippen LogP contribution in [0.1, 0.15) is 0 Å². The maximum Gasteiger partial charge on any atom is 0.0406 e. The lowest BCUT2D eigenvalue weighted by Gasteiger charge is -1.97. The summed E-state index contributed by atoms with van der Waals surface area (Å²) in [5, 5.41) is 0.779. The van der Waals surface area contributed by atoms with Gasteiger partial charge in [-0.25, -0.2) is 0 Å². The predicted octanol–water partition coefficient (Wildman–Crippen LogP) is 2.95. The predicted molar refractivity (Wildman–Crippen MR) is 60.4 cm³/mol. The smallest absolute Gasteiger partial charge is 0.0406 e. The van der Waals surface area contributed by atoms with Crippen molar-refractivity contribution in [2.45, 2.75) is 4.90 Å². The summed E-state index contributed by atoms with van der Waals surface area (Å²) in [5.74, 6) is 0.957. The van der Waals surface area contributed by atoms with E-state index < -0.39 is 0 Å². The van der Waals surface area contributed by atoms with E-state index >= 15 is 0 Å². The first-order valence-electron chi connectivity index (χ1n) is 4.06. The summed E-state index contributed by atoms with van der Waals surface area (Å²) in [5.41, 5.74) is 5.31. The van der Waals surface area contributed by atoms with E-state index in [1.165, 1.54) is 4.90 Å². The molecule has 0 unspecified atom stereocenters. The van der Waals surface area contributed by atoms with Crippen molar-refractivity contribution in [3.8, 4) is 0 Å². The molecule has 0 aliphatic rings. The third kappa shape index (κ3) is 4.36. The van der Waals surface area contributed by atoms with E-state index in [1.54, 1.807) is 11.8 Å². The molecule has 1 aromatic carbocycles. The van der Waals surface area contributed by atoms with E-state index in [9.17, 15) is 0 Å². The molecule has 0 atom stereocenters. The van der Waals surface area contributed by atoms with E-state index in [-0.39, 0.29) is 0 Å². The molecule has 0 saturated heterocycles. The lowest BCUT2D eigenvalue weighted by atomic mass is 10.4. The molecule has 0 radical (unpaired) electrons. The fraction of sp³-hybridized carbons (Fsp3) is 0.200. The summed E-state index contributed by atoms with van der Waals surface area (Å²) in [6.45, 7) is 0.612. The Morgan fingerprint density at radius 3 is 2.54 bits per heavy atom. The highest BCUT2D eigenvalue weighted by molar-refractivity contribution is 7.99. The van der Waals surface area contributed by atoms with Crippen LogP contribution in [0.4, 0.5) is 0 Å². The fourth-order valence-corrected chi connectivity index (χ4v) is 1.72. The normalized spacial score (nSPS) is 10.9. The van der Waals surface area contributed by atoms with Crippen molar-refractivity contribution < 1.29 is 0 Å². The third-order valence-electron chi connectivity index (χ3n) is 1.46. The van der Waals surface area contributed by atoms with Crippen molar-refractivity contribution in [3.63, 3.8) is 0 Å². The molecule has 0 saturated carbocycles. The minimum Gasteiger partial charge on any atom is -0.327 e. The quantitative estimate of drug-likeness (QED) is 0.615. The second-order valence-corrected chi connectivity index (χ2v) is 4.00. The average Bonchev–Trinajstić information content (AvgIpc) is 2.15. The van der Waals surface area contributed by atoms with Crippen LogP contribution >= 0.6 is 23.4 Å². The zero-order valence-electron chi connectivity index (χ0n) is 7.24. The largest absolute Gasteiger partial charge is 0.327 e. The molecule has 1 aromatic rings. The standard InChI is InChI=1S/C10H12ClNS/c11-9-3-5-10(6-4-9)13-8-2-1-7-12/h1-6H,7-8,12H2. The molecule has 3 heteroatoms. The minimum atomic E-state index is 0.612. The van der Waals surface area contributed by atoms with Gasteiger partial charge in [-0.3, -0.25) is 0 Å². The molecule has 2 N–H and O–H groups in total. The van der Waals surface area contributed by atoms with Gasteiger partial charge < -0.3 is 5.73 Å². The van der Waals surface area contributed by atoms with E-state index in [1.807, 2.05) is 30.3 Å². The topological polar surface area (TPSA) is 26.0 Å². The van der Waals surface area contributed by atoms with Crippen molar-refractivity contribution >= 4 is 23.4 Å². The summed E-state index contributed by atoms with van der Waals surface area (Å²) in [4.78, 5) is 1.23. The summed E-state index contributed by atoms with van der Waals surface area (Å²) >= 11 is 7.52. The molecule has 0 aliphatic carbocycles. The summed E-state index contributed by atoms with van der Waals surface area (Å²) < 4.78 is 0. The third-order valence-corrected chi connectivity index (χ3v) is 2.68. The fourth-order valence-electron chi connectivity index (χ4n) is 0.839. The Labute approximate surface area is 88.0 Å². The zero-order valence-corrected chi connectivity index (χ0v) is 8.81. The summed E-state index contributed by atoms with van der Waals surface area (Å²) in [6.07, 6.45) is 4.03. The lowest BCUT2D eigenvalue weighted by Crippen LogP contribution is -1.92. The van der Waals surface area contributed by atoms with Gasteiger partial charge in [0.15, 0.2) is 0 Å². The average molecular weight is 214 g/mol. The lowest BCUT2D eigenvalue weighted by molar-refractivity contribution is 1.25. The summed E-state index contributed by atoms with van der Waals surface area (Å²) in [7, 11) is 0. The number of halogens is 1. The first kappa shape index (κ1) is 10.6. The number of thioether (sulfide) groups is 1. The van der Waals surface area contributed by atoms with Gasteiger partial charge in [0, 0.05) is 22.2 Å². The molecular weight excluding hydrogens is 202 g/mol. The van der Waals surface area contributed by atoms with Crippen molar-refractivity contribution in [2.75, 3.05) is 12.3 Å². The highest BCUT2D eigenvalue weighted by Crippen LogP contribution is 2.19. The van der Waals surface area contributed by atoms with Gasteiger partial charge in [0.25, 0.3) is 0 Å². The highest BCUT2D eigenvalue weighted by atomic mass is 35.5. The van der Waals surface area contributed by atoms with E-state index in [0.29, 0.717) is 6.54 Å². The van der Waals surface area contributed by atoms with Crippen LogP contribution in [0.25, 0.3) is 0 Å². The molecule has 0 heterocycles. The molecule has 1 rings (SSSR count). The second kappa shape index (κ2) is 6.08. The van der Waals surface area contributed by atoms with Gasteiger partial charge in [-0.05, 0) is 24.3 Å². The van der Waals surface area contributed by atoms with Gasteiger partial charge in [-0.2, -0.15) is 0 Å². The van der Waals surface area contributed by atoms with Crippen LogP contribution in [0.5, 0.6) is 0 Å². The van der Waals surface area contributed by atoms with Crippen LogP contribution in [-0.4, -0.2) is 12.3 Å². The first-order chi connectivity index (χ1) is 6.33. The van der Waals surface area contributed by atoms with Gasteiger partial charge in [-0.15, -0.1) is 11.8 Å². The molecule has 0 aromatic heterocycles. The van der Waals surface area contributed by atoms with Gasteiger partial charge in [0.2, 0.25) is 0 Å². The monoisotopic (exact) mass is 213 g/mol. The van der Waals surface area contributed by atoms with E-state index in [4.69, 9.17) is 17.3 Å². The SMILES string of the molecule is NCC=CCSc1ccc(Cl)cc1. The zero-order chi connectivity index (χ0) is 9.52. The van der Waals surface area contributed by atoms with Crippen molar-refractivity contribution in [1.29, 1.82) is 0 Å². The molecule has 13 heavy (non-hydrogen) atoms. The van der Waals surface area contributed by atoms with Crippen LogP contribution in [0.3, 0.4) is 0 Å². The molecule has 0 fully saturated rings. The number of hydrogen-bond donors (Lipinski definition) is 1. The van der Waals surface area contributed by atoms with Crippen molar-refractivity contribution in [1.82, 2.24) is 0 Å². The van der Waals surface area contributed by atoms with Crippen molar-refractivity contribution in [3.05, 3.63) is 41.4 Å². The molecule has 0 amide bonds. The van der Waals surface area contributed by atoms with Gasteiger partial charge in [0.1, 0.15) is 0 Å². The Balaban J connectivity index is 2.37. The van der Waals surface area contributed by atoms with Gasteiger partial charge >= 0.3 is 0 Å².